The average molecular weight is 247 g/mol. The van der Waals surface area contributed by atoms with Gasteiger partial charge in [0.2, 0.25) is 5.91 Å². The molecule has 1 heterocycles. The molecule has 1 atom stereocenters. The molecule has 94 valence electrons. The SMILES string of the molecule is CC(C)C(=O)NCCCC1CCS(=O)(=O)C1. The van der Waals surface area contributed by atoms with Crippen molar-refractivity contribution in [3.63, 3.8) is 0 Å². The molecule has 1 fully saturated rings. The highest BCUT2D eigenvalue weighted by Crippen LogP contribution is 2.22. The number of nitrogens with one attached hydrogen (secondary N) is 1. The summed E-state index contributed by atoms with van der Waals surface area (Å²) in [6, 6.07) is 0. The third-order valence-electron chi connectivity index (χ3n) is 2.94. The number of amides is 1. The summed E-state index contributed by atoms with van der Waals surface area (Å²) in [5.41, 5.74) is 0. The summed E-state index contributed by atoms with van der Waals surface area (Å²) in [7, 11) is -2.75. The minimum atomic E-state index is -2.75. The first kappa shape index (κ1) is 13.5. The highest BCUT2D eigenvalue weighted by molar-refractivity contribution is 7.91. The van der Waals surface area contributed by atoms with E-state index in [0.29, 0.717) is 24.0 Å². The topological polar surface area (TPSA) is 63.2 Å². The van der Waals surface area contributed by atoms with Crippen LogP contribution in [0.4, 0.5) is 0 Å². The predicted molar refractivity (Wildman–Crippen MR) is 63.8 cm³/mol. The summed E-state index contributed by atoms with van der Waals surface area (Å²) in [5, 5.41) is 2.84. The summed E-state index contributed by atoms with van der Waals surface area (Å²) < 4.78 is 22.4. The molecule has 0 spiro atoms. The van der Waals surface area contributed by atoms with E-state index in [9.17, 15) is 13.2 Å². The molecule has 0 radical (unpaired) electrons. The van der Waals surface area contributed by atoms with E-state index in [-0.39, 0.29) is 11.8 Å². The zero-order valence-corrected chi connectivity index (χ0v) is 10.8. The summed E-state index contributed by atoms with van der Waals surface area (Å²) >= 11 is 0. The van der Waals surface area contributed by atoms with E-state index in [2.05, 4.69) is 5.32 Å². The quantitative estimate of drug-likeness (QED) is 0.736. The molecule has 1 amide bonds. The molecule has 1 rings (SSSR count). The minimum Gasteiger partial charge on any atom is -0.356 e. The van der Waals surface area contributed by atoms with Crippen molar-refractivity contribution < 1.29 is 13.2 Å². The molecule has 0 aromatic heterocycles. The molecule has 1 aliphatic rings. The Morgan fingerprint density at radius 1 is 1.44 bits per heavy atom. The van der Waals surface area contributed by atoms with Gasteiger partial charge in [-0.3, -0.25) is 4.79 Å². The van der Waals surface area contributed by atoms with E-state index in [1.165, 1.54) is 0 Å². The lowest BCUT2D eigenvalue weighted by molar-refractivity contribution is -0.123. The molecule has 0 bridgehead atoms. The Bertz CT molecular complexity index is 335. The lowest BCUT2D eigenvalue weighted by atomic mass is 10.0. The van der Waals surface area contributed by atoms with E-state index < -0.39 is 9.84 Å². The first-order valence-corrected chi connectivity index (χ1v) is 7.71. The van der Waals surface area contributed by atoms with Crippen molar-refractivity contribution in [1.29, 1.82) is 0 Å². The van der Waals surface area contributed by atoms with Crippen molar-refractivity contribution in [2.75, 3.05) is 18.1 Å². The van der Waals surface area contributed by atoms with E-state index in [4.69, 9.17) is 0 Å². The second kappa shape index (κ2) is 5.66. The first-order valence-electron chi connectivity index (χ1n) is 5.89. The van der Waals surface area contributed by atoms with E-state index in [1.807, 2.05) is 13.8 Å². The van der Waals surface area contributed by atoms with Crippen molar-refractivity contribution in [2.45, 2.75) is 33.1 Å². The zero-order chi connectivity index (χ0) is 12.2. The van der Waals surface area contributed by atoms with Gasteiger partial charge in [0.15, 0.2) is 9.84 Å². The van der Waals surface area contributed by atoms with Gasteiger partial charge in [-0.2, -0.15) is 0 Å². The minimum absolute atomic E-state index is 0.0202. The molecule has 16 heavy (non-hydrogen) atoms. The van der Waals surface area contributed by atoms with Gasteiger partial charge in [-0.05, 0) is 25.2 Å². The standard InChI is InChI=1S/C11H21NO3S/c1-9(2)11(13)12-6-3-4-10-5-7-16(14,15)8-10/h9-10H,3-8H2,1-2H3,(H,12,13). The molecule has 0 aliphatic carbocycles. The molecule has 5 heteroatoms. The monoisotopic (exact) mass is 247 g/mol. The van der Waals surface area contributed by atoms with Gasteiger partial charge >= 0.3 is 0 Å². The Balaban J connectivity index is 2.11. The van der Waals surface area contributed by atoms with Crippen LogP contribution in [0.3, 0.4) is 0 Å². The molecule has 0 aromatic carbocycles. The smallest absolute Gasteiger partial charge is 0.222 e. The fourth-order valence-electron chi connectivity index (χ4n) is 1.91. The van der Waals surface area contributed by atoms with Gasteiger partial charge in [-0.15, -0.1) is 0 Å². The molecule has 0 saturated carbocycles. The van der Waals surface area contributed by atoms with E-state index in [1.54, 1.807) is 0 Å². The third-order valence-corrected chi connectivity index (χ3v) is 4.78. The van der Waals surface area contributed by atoms with E-state index >= 15 is 0 Å². The summed E-state index contributed by atoms with van der Waals surface area (Å²) in [4.78, 5) is 11.2. The zero-order valence-electron chi connectivity index (χ0n) is 10.0. The van der Waals surface area contributed by atoms with Crippen molar-refractivity contribution in [2.24, 2.45) is 11.8 Å². The van der Waals surface area contributed by atoms with Crippen LogP contribution in [0.5, 0.6) is 0 Å². The van der Waals surface area contributed by atoms with Crippen LogP contribution in [0.2, 0.25) is 0 Å². The van der Waals surface area contributed by atoms with Crippen molar-refractivity contribution in [1.82, 2.24) is 5.32 Å². The molecule has 1 saturated heterocycles. The van der Waals surface area contributed by atoms with Crippen LogP contribution < -0.4 is 5.32 Å². The van der Waals surface area contributed by atoms with Crippen LogP contribution in [0.15, 0.2) is 0 Å². The van der Waals surface area contributed by atoms with Gasteiger partial charge in [0.25, 0.3) is 0 Å². The van der Waals surface area contributed by atoms with Crippen molar-refractivity contribution >= 4 is 15.7 Å². The maximum atomic E-state index is 11.2. The number of carbonyl (C=O) groups excluding carboxylic acids is 1. The second-order valence-corrected chi connectivity index (χ2v) is 7.09. The van der Waals surface area contributed by atoms with Gasteiger partial charge in [-0.25, -0.2) is 8.42 Å². The largest absolute Gasteiger partial charge is 0.356 e. The highest BCUT2D eigenvalue weighted by Gasteiger charge is 2.27. The fourth-order valence-corrected chi connectivity index (χ4v) is 3.82. The van der Waals surface area contributed by atoms with Crippen molar-refractivity contribution in [3.8, 4) is 0 Å². The average Bonchev–Trinajstić information content (AvgIpc) is 2.52. The van der Waals surface area contributed by atoms with Crippen LogP contribution >= 0.6 is 0 Å². The summed E-state index contributed by atoms with van der Waals surface area (Å²) in [6.45, 7) is 4.38. The van der Waals surface area contributed by atoms with Gasteiger partial charge < -0.3 is 5.32 Å². The third kappa shape index (κ3) is 4.51. The van der Waals surface area contributed by atoms with Gasteiger partial charge in [0.1, 0.15) is 0 Å². The lowest BCUT2D eigenvalue weighted by Crippen LogP contribution is -2.28. The summed E-state index contributed by atoms with van der Waals surface area (Å²) in [5.74, 6) is 1.08. The van der Waals surface area contributed by atoms with E-state index in [0.717, 1.165) is 19.3 Å². The molecule has 1 N–H and O–H groups in total. The number of hydrogen-bond donors (Lipinski definition) is 1. The van der Waals surface area contributed by atoms with Crippen LogP contribution in [0.25, 0.3) is 0 Å². The number of carbonyl (C=O) groups is 1. The predicted octanol–water partition coefficient (Wildman–Crippen LogP) is 0.974. The molecular formula is C11H21NO3S. The van der Waals surface area contributed by atoms with Crippen molar-refractivity contribution in [3.05, 3.63) is 0 Å². The van der Waals surface area contributed by atoms with Gasteiger partial charge in [0, 0.05) is 12.5 Å². The van der Waals surface area contributed by atoms with Gasteiger partial charge in [-0.1, -0.05) is 13.8 Å². The Morgan fingerprint density at radius 3 is 2.62 bits per heavy atom. The highest BCUT2D eigenvalue weighted by atomic mass is 32.2. The van der Waals surface area contributed by atoms with Crippen LogP contribution in [0.1, 0.15) is 33.1 Å². The lowest BCUT2D eigenvalue weighted by Gasteiger charge is -2.09. The van der Waals surface area contributed by atoms with Crippen LogP contribution in [-0.2, 0) is 14.6 Å². The Hall–Kier alpha value is -0.580. The number of hydrogen-bond acceptors (Lipinski definition) is 3. The Labute approximate surface area is 97.7 Å². The molecule has 1 unspecified atom stereocenters. The maximum absolute atomic E-state index is 11.2. The second-order valence-electron chi connectivity index (χ2n) is 4.86. The normalized spacial score (nSPS) is 23.6. The number of rotatable bonds is 5. The van der Waals surface area contributed by atoms with Gasteiger partial charge in [0.05, 0.1) is 11.5 Å². The maximum Gasteiger partial charge on any atom is 0.222 e. The van der Waals surface area contributed by atoms with Crippen LogP contribution in [0, 0.1) is 11.8 Å². The molecule has 0 aromatic rings. The molecule has 4 nitrogen and oxygen atoms in total. The fraction of sp³-hybridized carbons (Fsp3) is 0.909. The Morgan fingerprint density at radius 2 is 2.12 bits per heavy atom. The molecular weight excluding hydrogens is 226 g/mol. The summed E-state index contributed by atoms with van der Waals surface area (Å²) in [6.07, 6.45) is 2.57. The number of sulfone groups is 1. The molecule has 1 aliphatic heterocycles. The first-order chi connectivity index (χ1) is 7.41. The Kier molecular flexibility index (Phi) is 4.77. The van der Waals surface area contributed by atoms with Crippen LogP contribution in [-0.4, -0.2) is 32.4 Å².